The van der Waals surface area contributed by atoms with Gasteiger partial charge in [0, 0.05) is 12.2 Å². The lowest BCUT2D eigenvalue weighted by molar-refractivity contribution is -0.124. The molecule has 96 valence electrons. The summed E-state index contributed by atoms with van der Waals surface area (Å²) in [4.78, 5) is 24.2. The van der Waals surface area contributed by atoms with Gasteiger partial charge in [0.25, 0.3) is 0 Å². The molecule has 1 aromatic rings. The molecule has 0 spiro atoms. The van der Waals surface area contributed by atoms with E-state index in [9.17, 15) is 14.0 Å². The molecule has 0 fully saturated rings. The predicted molar refractivity (Wildman–Crippen MR) is 64.2 cm³/mol. The third-order valence-corrected chi connectivity index (χ3v) is 2.95. The number of carbonyl (C=O) groups excluding carboxylic acids is 2. The van der Waals surface area contributed by atoms with Crippen molar-refractivity contribution in [3.05, 3.63) is 29.6 Å². The predicted octanol–water partition coefficient (Wildman–Crippen LogP) is -0.0825. The number of hydrogen-bond donors (Lipinski definition) is 2. The normalized spacial score (nSPS) is 15.3. The molecule has 1 unspecified atom stereocenters. The minimum atomic E-state index is -0.975. The highest BCUT2D eigenvalue weighted by Gasteiger charge is 2.29. The van der Waals surface area contributed by atoms with Gasteiger partial charge in [-0.25, -0.2) is 4.39 Å². The van der Waals surface area contributed by atoms with E-state index in [-0.39, 0.29) is 6.42 Å². The van der Waals surface area contributed by atoms with Gasteiger partial charge < -0.3 is 16.4 Å². The van der Waals surface area contributed by atoms with Crippen LogP contribution in [0.5, 0.6) is 0 Å². The van der Waals surface area contributed by atoms with Crippen LogP contribution in [0.4, 0.5) is 10.1 Å². The smallest absolute Gasteiger partial charge is 0.244 e. The van der Waals surface area contributed by atoms with Crippen LogP contribution >= 0.6 is 0 Å². The van der Waals surface area contributed by atoms with E-state index >= 15 is 0 Å². The molecule has 0 saturated heterocycles. The van der Waals surface area contributed by atoms with Gasteiger partial charge in [-0.3, -0.25) is 9.59 Å². The maximum atomic E-state index is 13.2. The zero-order valence-electron chi connectivity index (χ0n) is 9.73. The number of nitrogens with zero attached hydrogens (tertiary/aromatic N) is 1. The quantitative estimate of drug-likeness (QED) is 0.787. The fourth-order valence-corrected chi connectivity index (χ4v) is 2.09. The number of rotatable bonds is 3. The maximum Gasteiger partial charge on any atom is 0.244 e. The Hall–Kier alpha value is -1.95. The zero-order valence-corrected chi connectivity index (χ0v) is 9.73. The van der Waals surface area contributed by atoms with E-state index < -0.39 is 23.7 Å². The number of halogens is 1. The summed E-state index contributed by atoms with van der Waals surface area (Å²) >= 11 is 0. The van der Waals surface area contributed by atoms with Gasteiger partial charge in [0.1, 0.15) is 5.82 Å². The topological polar surface area (TPSA) is 89.4 Å². The van der Waals surface area contributed by atoms with Crippen LogP contribution < -0.4 is 16.4 Å². The summed E-state index contributed by atoms with van der Waals surface area (Å²) in [7, 11) is 0. The standard InChI is InChI=1S/C12H14FN3O2/c13-8-2-1-7-3-4-16(10(7)5-8)12(18)9(14)6-11(15)17/h1-2,5,9H,3-4,6,14H2,(H2,15,17). The summed E-state index contributed by atoms with van der Waals surface area (Å²) < 4.78 is 13.2. The fraction of sp³-hybridized carbons (Fsp3) is 0.333. The second-order valence-corrected chi connectivity index (χ2v) is 4.29. The number of nitrogens with two attached hydrogens (primary N) is 2. The van der Waals surface area contributed by atoms with Gasteiger partial charge in [0.15, 0.2) is 0 Å². The molecular weight excluding hydrogens is 237 g/mol. The average Bonchev–Trinajstić information content (AvgIpc) is 2.69. The summed E-state index contributed by atoms with van der Waals surface area (Å²) in [6, 6.07) is 3.34. The first kappa shape index (κ1) is 12.5. The summed E-state index contributed by atoms with van der Waals surface area (Å²) in [5.41, 5.74) is 12.0. The van der Waals surface area contributed by atoms with Crippen molar-refractivity contribution < 1.29 is 14.0 Å². The minimum Gasteiger partial charge on any atom is -0.370 e. The third kappa shape index (κ3) is 2.33. The second-order valence-electron chi connectivity index (χ2n) is 4.29. The van der Waals surface area contributed by atoms with Crippen molar-refractivity contribution in [3.8, 4) is 0 Å². The fourth-order valence-electron chi connectivity index (χ4n) is 2.09. The molecule has 18 heavy (non-hydrogen) atoms. The van der Waals surface area contributed by atoms with Crippen LogP contribution in [-0.4, -0.2) is 24.4 Å². The van der Waals surface area contributed by atoms with Gasteiger partial charge >= 0.3 is 0 Å². The summed E-state index contributed by atoms with van der Waals surface area (Å²) in [5, 5.41) is 0. The first-order chi connectivity index (χ1) is 8.49. The SMILES string of the molecule is NC(=O)CC(N)C(=O)N1CCc2ccc(F)cc21. The number of amides is 2. The van der Waals surface area contributed by atoms with E-state index in [1.807, 2.05) is 0 Å². The van der Waals surface area contributed by atoms with E-state index in [0.29, 0.717) is 18.7 Å². The molecule has 0 radical (unpaired) electrons. The molecule has 0 saturated carbocycles. The van der Waals surface area contributed by atoms with E-state index in [1.165, 1.54) is 17.0 Å². The van der Waals surface area contributed by atoms with Crippen LogP contribution in [0.25, 0.3) is 0 Å². The summed E-state index contributed by atoms with van der Waals surface area (Å²) in [6.45, 7) is 0.448. The van der Waals surface area contributed by atoms with E-state index in [4.69, 9.17) is 11.5 Å². The molecule has 0 aromatic heterocycles. The van der Waals surface area contributed by atoms with Crippen molar-refractivity contribution in [2.24, 2.45) is 11.5 Å². The Morgan fingerprint density at radius 2 is 2.17 bits per heavy atom. The summed E-state index contributed by atoms with van der Waals surface area (Å²) in [6.07, 6.45) is 0.449. The Balaban J connectivity index is 2.20. The Morgan fingerprint density at radius 3 is 2.83 bits per heavy atom. The number of benzene rings is 1. The van der Waals surface area contributed by atoms with Gasteiger partial charge in [-0.15, -0.1) is 0 Å². The monoisotopic (exact) mass is 251 g/mol. The lowest BCUT2D eigenvalue weighted by Gasteiger charge is -2.20. The van der Waals surface area contributed by atoms with E-state index in [1.54, 1.807) is 6.07 Å². The van der Waals surface area contributed by atoms with Crippen molar-refractivity contribution in [1.29, 1.82) is 0 Å². The van der Waals surface area contributed by atoms with E-state index in [0.717, 1.165) is 5.56 Å². The van der Waals surface area contributed by atoms with E-state index in [2.05, 4.69) is 0 Å². The van der Waals surface area contributed by atoms with Crippen LogP contribution in [-0.2, 0) is 16.0 Å². The maximum absolute atomic E-state index is 13.2. The molecule has 2 rings (SSSR count). The van der Waals surface area contributed by atoms with Gasteiger partial charge in [0.05, 0.1) is 12.5 Å². The Labute approximate surface area is 104 Å². The molecule has 6 heteroatoms. The number of carbonyl (C=O) groups is 2. The molecule has 1 aliphatic rings. The highest BCUT2D eigenvalue weighted by molar-refractivity contribution is 6.00. The van der Waals surface area contributed by atoms with Crippen LogP contribution in [0.3, 0.4) is 0 Å². The Morgan fingerprint density at radius 1 is 1.44 bits per heavy atom. The molecule has 1 aliphatic heterocycles. The molecular formula is C12H14FN3O2. The van der Waals surface area contributed by atoms with Crippen molar-refractivity contribution in [2.45, 2.75) is 18.9 Å². The van der Waals surface area contributed by atoms with Crippen LogP contribution in [0.1, 0.15) is 12.0 Å². The highest BCUT2D eigenvalue weighted by atomic mass is 19.1. The molecule has 1 atom stereocenters. The van der Waals surface area contributed by atoms with Crippen molar-refractivity contribution in [2.75, 3.05) is 11.4 Å². The van der Waals surface area contributed by atoms with Crippen LogP contribution in [0, 0.1) is 5.82 Å². The summed E-state index contributed by atoms with van der Waals surface area (Å²) in [5.74, 6) is -1.44. The van der Waals surface area contributed by atoms with Crippen LogP contribution in [0.15, 0.2) is 18.2 Å². The van der Waals surface area contributed by atoms with Gasteiger partial charge in [0.2, 0.25) is 11.8 Å². The largest absolute Gasteiger partial charge is 0.370 e. The molecule has 0 aliphatic carbocycles. The van der Waals surface area contributed by atoms with Crippen LogP contribution in [0.2, 0.25) is 0 Å². The first-order valence-electron chi connectivity index (χ1n) is 5.62. The number of fused-ring (bicyclic) bond motifs is 1. The molecule has 0 bridgehead atoms. The second kappa shape index (κ2) is 4.73. The average molecular weight is 251 g/mol. The number of anilines is 1. The lowest BCUT2D eigenvalue weighted by Crippen LogP contribution is -2.45. The van der Waals surface area contributed by atoms with Crippen molar-refractivity contribution >= 4 is 17.5 Å². The molecule has 2 amide bonds. The van der Waals surface area contributed by atoms with Crippen molar-refractivity contribution in [3.63, 3.8) is 0 Å². The van der Waals surface area contributed by atoms with Gasteiger partial charge in [-0.1, -0.05) is 6.07 Å². The molecule has 1 aromatic carbocycles. The highest BCUT2D eigenvalue weighted by Crippen LogP contribution is 2.29. The van der Waals surface area contributed by atoms with Gasteiger partial charge in [-0.2, -0.15) is 0 Å². The van der Waals surface area contributed by atoms with Crippen molar-refractivity contribution in [1.82, 2.24) is 0 Å². The Bertz CT molecular complexity index is 504. The minimum absolute atomic E-state index is 0.208. The molecule has 1 heterocycles. The van der Waals surface area contributed by atoms with Gasteiger partial charge in [-0.05, 0) is 24.1 Å². The number of hydrogen-bond acceptors (Lipinski definition) is 3. The third-order valence-electron chi connectivity index (χ3n) is 2.95. The molecule has 4 N–H and O–H groups in total. The first-order valence-corrected chi connectivity index (χ1v) is 5.62. The number of primary amides is 1. The Kier molecular flexibility index (Phi) is 3.29. The lowest BCUT2D eigenvalue weighted by atomic mass is 10.1. The molecule has 5 nitrogen and oxygen atoms in total. The zero-order chi connectivity index (χ0) is 13.3.